The highest BCUT2D eigenvalue weighted by atomic mass is 32.1. The number of para-hydroxylation sites is 1. The monoisotopic (exact) mass is 422 g/mol. The van der Waals surface area contributed by atoms with Crippen molar-refractivity contribution in [1.82, 2.24) is 10.3 Å². The quantitative estimate of drug-likeness (QED) is 0.553. The minimum Gasteiger partial charge on any atom is -0.488 e. The number of ether oxygens (including phenoxy) is 2. The highest BCUT2D eigenvalue weighted by molar-refractivity contribution is 7.09. The molecule has 5 nitrogen and oxygen atoms in total. The van der Waals surface area contributed by atoms with Crippen LogP contribution in [0.5, 0.6) is 11.5 Å². The molecule has 156 valence electrons. The van der Waals surface area contributed by atoms with E-state index in [9.17, 15) is 4.79 Å². The van der Waals surface area contributed by atoms with Gasteiger partial charge >= 0.3 is 0 Å². The number of benzene rings is 2. The molecule has 0 fully saturated rings. The van der Waals surface area contributed by atoms with Gasteiger partial charge in [-0.25, -0.2) is 4.98 Å². The summed E-state index contributed by atoms with van der Waals surface area (Å²) in [5.74, 6) is 1.51. The standard InChI is InChI=1S/C24H26N2O3S/c1-24(2)15-18-9-6-10-20(23(18)29-24)28-12-11-25-21(27)14-19-16-30-22(26-19)13-17-7-4-3-5-8-17/h3-10,16H,11-15H2,1-2H3,(H,25,27). The van der Waals surface area contributed by atoms with Crippen LogP contribution in [-0.2, 0) is 24.1 Å². The van der Waals surface area contributed by atoms with E-state index in [-0.39, 0.29) is 17.9 Å². The second kappa shape index (κ2) is 8.88. The van der Waals surface area contributed by atoms with Crippen molar-refractivity contribution >= 4 is 17.2 Å². The van der Waals surface area contributed by atoms with Crippen LogP contribution in [-0.4, -0.2) is 29.6 Å². The second-order valence-electron chi connectivity index (χ2n) is 8.05. The lowest BCUT2D eigenvalue weighted by atomic mass is 10.0. The molecule has 0 saturated heterocycles. The Morgan fingerprint density at radius 3 is 2.87 bits per heavy atom. The van der Waals surface area contributed by atoms with Gasteiger partial charge in [0, 0.05) is 23.8 Å². The molecule has 3 aromatic rings. The highest BCUT2D eigenvalue weighted by Crippen LogP contribution is 2.41. The number of hydrogen-bond acceptors (Lipinski definition) is 5. The first kappa shape index (κ1) is 20.4. The maximum Gasteiger partial charge on any atom is 0.226 e. The number of amides is 1. The fourth-order valence-electron chi connectivity index (χ4n) is 3.56. The van der Waals surface area contributed by atoms with Gasteiger partial charge in [0.25, 0.3) is 0 Å². The number of rotatable bonds is 8. The third-order valence-electron chi connectivity index (χ3n) is 4.88. The van der Waals surface area contributed by atoms with Gasteiger partial charge in [-0.05, 0) is 25.5 Å². The third-order valence-corrected chi connectivity index (χ3v) is 5.77. The highest BCUT2D eigenvalue weighted by Gasteiger charge is 2.32. The van der Waals surface area contributed by atoms with Crippen LogP contribution in [0.3, 0.4) is 0 Å². The number of fused-ring (bicyclic) bond motifs is 1. The Bertz CT molecular complexity index is 1010. The smallest absolute Gasteiger partial charge is 0.226 e. The second-order valence-corrected chi connectivity index (χ2v) is 9.00. The molecule has 6 heteroatoms. The minimum absolute atomic E-state index is 0.0502. The molecule has 1 amide bonds. The van der Waals surface area contributed by atoms with Crippen LogP contribution in [0.25, 0.3) is 0 Å². The fourth-order valence-corrected chi connectivity index (χ4v) is 4.39. The van der Waals surface area contributed by atoms with E-state index in [1.807, 2.05) is 35.7 Å². The molecule has 1 aromatic heterocycles. The summed E-state index contributed by atoms with van der Waals surface area (Å²) in [5, 5.41) is 5.88. The van der Waals surface area contributed by atoms with E-state index >= 15 is 0 Å². The zero-order valence-corrected chi connectivity index (χ0v) is 18.1. The Labute approximate surface area is 181 Å². The number of carbonyl (C=O) groups excluding carboxylic acids is 1. The minimum atomic E-state index is -0.205. The zero-order chi connectivity index (χ0) is 21.0. The lowest BCUT2D eigenvalue weighted by molar-refractivity contribution is -0.120. The van der Waals surface area contributed by atoms with E-state index in [2.05, 4.69) is 42.3 Å². The average Bonchev–Trinajstić information content (AvgIpc) is 3.28. The van der Waals surface area contributed by atoms with Crippen LogP contribution < -0.4 is 14.8 Å². The lowest BCUT2D eigenvalue weighted by Gasteiger charge is -2.18. The maximum absolute atomic E-state index is 12.2. The molecular weight excluding hydrogens is 396 g/mol. The molecule has 0 atom stereocenters. The fraction of sp³-hybridized carbons (Fsp3) is 0.333. The molecule has 4 rings (SSSR count). The van der Waals surface area contributed by atoms with Crippen LogP contribution in [0.1, 0.15) is 35.7 Å². The zero-order valence-electron chi connectivity index (χ0n) is 17.3. The molecule has 0 saturated carbocycles. The van der Waals surface area contributed by atoms with E-state index in [1.54, 1.807) is 11.3 Å². The number of thiazole rings is 1. The van der Waals surface area contributed by atoms with Crippen LogP contribution >= 0.6 is 11.3 Å². The van der Waals surface area contributed by atoms with Gasteiger partial charge in [-0.15, -0.1) is 11.3 Å². The Kier molecular flexibility index (Phi) is 6.04. The Hall–Kier alpha value is -2.86. The van der Waals surface area contributed by atoms with Crippen LogP contribution in [0, 0.1) is 0 Å². The Balaban J connectivity index is 1.22. The van der Waals surface area contributed by atoms with Crippen molar-refractivity contribution in [3.05, 3.63) is 75.7 Å². The molecule has 0 bridgehead atoms. The van der Waals surface area contributed by atoms with Gasteiger partial charge in [0.1, 0.15) is 12.2 Å². The van der Waals surface area contributed by atoms with Crippen molar-refractivity contribution in [3.63, 3.8) is 0 Å². The summed E-state index contributed by atoms with van der Waals surface area (Å²) in [4.78, 5) is 16.8. The van der Waals surface area contributed by atoms with E-state index < -0.39 is 0 Å². The molecule has 1 aliphatic heterocycles. The number of carbonyl (C=O) groups is 1. The van der Waals surface area contributed by atoms with E-state index in [1.165, 1.54) is 5.56 Å². The normalized spacial score (nSPS) is 14.1. The summed E-state index contributed by atoms with van der Waals surface area (Å²) in [7, 11) is 0. The van der Waals surface area contributed by atoms with Crippen LogP contribution in [0.2, 0.25) is 0 Å². The van der Waals surface area contributed by atoms with Crippen molar-refractivity contribution in [3.8, 4) is 11.5 Å². The first-order valence-corrected chi connectivity index (χ1v) is 11.0. The molecule has 0 spiro atoms. The maximum atomic E-state index is 12.2. The summed E-state index contributed by atoms with van der Waals surface area (Å²) in [5.41, 5.74) is 2.99. The Morgan fingerprint density at radius 1 is 1.20 bits per heavy atom. The van der Waals surface area contributed by atoms with Crippen molar-refractivity contribution in [2.45, 2.75) is 38.7 Å². The molecule has 1 aliphatic rings. The Morgan fingerprint density at radius 2 is 2.03 bits per heavy atom. The number of nitrogens with one attached hydrogen (secondary N) is 1. The van der Waals surface area contributed by atoms with Gasteiger partial charge in [0.2, 0.25) is 5.91 Å². The van der Waals surface area contributed by atoms with Gasteiger partial charge in [-0.3, -0.25) is 4.79 Å². The lowest BCUT2D eigenvalue weighted by Crippen LogP contribution is -2.29. The summed E-state index contributed by atoms with van der Waals surface area (Å²) < 4.78 is 11.9. The first-order valence-electron chi connectivity index (χ1n) is 10.2. The van der Waals surface area contributed by atoms with Crippen LogP contribution in [0.15, 0.2) is 53.9 Å². The van der Waals surface area contributed by atoms with Gasteiger partial charge in [0.05, 0.1) is 23.7 Å². The third kappa shape index (κ3) is 5.19. The topological polar surface area (TPSA) is 60.5 Å². The van der Waals surface area contributed by atoms with Crippen molar-refractivity contribution in [2.75, 3.05) is 13.2 Å². The SMILES string of the molecule is CC1(C)Cc2cccc(OCCNC(=O)Cc3csc(Cc4ccccc4)n3)c2O1. The predicted octanol–water partition coefficient (Wildman–Crippen LogP) is 4.19. The molecule has 0 aliphatic carbocycles. The van der Waals surface area contributed by atoms with Gasteiger partial charge in [-0.1, -0.05) is 42.5 Å². The molecule has 2 heterocycles. The van der Waals surface area contributed by atoms with Gasteiger partial charge < -0.3 is 14.8 Å². The summed E-state index contributed by atoms with van der Waals surface area (Å²) in [6.45, 7) is 4.97. The molecular formula is C24H26N2O3S. The largest absolute Gasteiger partial charge is 0.488 e. The van der Waals surface area contributed by atoms with Crippen LogP contribution in [0.4, 0.5) is 0 Å². The molecule has 2 aromatic carbocycles. The molecule has 30 heavy (non-hydrogen) atoms. The number of aromatic nitrogens is 1. The number of nitrogens with zero attached hydrogens (tertiary/aromatic N) is 1. The molecule has 0 unspecified atom stereocenters. The van der Waals surface area contributed by atoms with Crippen molar-refractivity contribution < 1.29 is 14.3 Å². The molecule has 1 N–H and O–H groups in total. The molecule has 0 radical (unpaired) electrons. The summed E-state index contributed by atoms with van der Waals surface area (Å²) in [6.07, 6.45) is 1.95. The van der Waals surface area contributed by atoms with Gasteiger partial charge in [-0.2, -0.15) is 0 Å². The van der Waals surface area contributed by atoms with E-state index in [0.717, 1.165) is 40.6 Å². The van der Waals surface area contributed by atoms with E-state index in [4.69, 9.17) is 9.47 Å². The average molecular weight is 423 g/mol. The van der Waals surface area contributed by atoms with Crippen molar-refractivity contribution in [1.29, 1.82) is 0 Å². The summed E-state index contributed by atoms with van der Waals surface area (Å²) in [6, 6.07) is 16.2. The number of hydrogen-bond donors (Lipinski definition) is 1. The van der Waals surface area contributed by atoms with E-state index in [0.29, 0.717) is 13.2 Å². The van der Waals surface area contributed by atoms with Crippen molar-refractivity contribution in [2.24, 2.45) is 0 Å². The predicted molar refractivity (Wildman–Crippen MR) is 118 cm³/mol. The first-order chi connectivity index (χ1) is 14.5. The van der Waals surface area contributed by atoms with Gasteiger partial charge in [0.15, 0.2) is 11.5 Å². The summed E-state index contributed by atoms with van der Waals surface area (Å²) >= 11 is 1.59.